The summed E-state index contributed by atoms with van der Waals surface area (Å²) in [5.74, 6) is -0.742. The van der Waals surface area contributed by atoms with Crippen LogP contribution in [0.3, 0.4) is 0 Å². The molecule has 0 radical (unpaired) electrons. The van der Waals surface area contributed by atoms with E-state index < -0.39 is 11.8 Å². The third-order valence-corrected chi connectivity index (χ3v) is 2.37. The van der Waals surface area contributed by atoms with Crippen molar-refractivity contribution in [3.8, 4) is 5.75 Å². The highest BCUT2D eigenvalue weighted by molar-refractivity contribution is 6.39. The largest absolute Gasteiger partial charge is 0.497 e. The summed E-state index contributed by atoms with van der Waals surface area (Å²) in [4.78, 5) is 22.5. The highest BCUT2D eigenvalue weighted by atomic mass is 16.5. The first kappa shape index (κ1) is 14.0. The average molecular weight is 248 g/mol. The SMILES string of the molecule is CCOC(=O)C(=O)/C=C/c1ccc(OC)cc1C. The van der Waals surface area contributed by atoms with E-state index in [0.29, 0.717) is 0 Å². The summed E-state index contributed by atoms with van der Waals surface area (Å²) < 4.78 is 9.68. The minimum atomic E-state index is -0.833. The lowest BCUT2D eigenvalue weighted by Gasteiger charge is -2.04. The third kappa shape index (κ3) is 3.73. The molecule has 0 amide bonds. The Hall–Kier alpha value is -2.10. The summed E-state index contributed by atoms with van der Waals surface area (Å²) in [6.45, 7) is 3.75. The van der Waals surface area contributed by atoms with E-state index in [-0.39, 0.29) is 6.61 Å². The van der Waals surface area contributed by atoms with Crippen molar-refractivity contribution < 1.29 is 19.1 Å². The maximum Gasteiger partial charge on any atom is 0.379 e. The summed E-state index contributed by atoms with van der Waals surface area (Å²) >= 11 is 0. The van der Waals surface area contributed by atoms with Gasteiger partial charge in [0.2, 0.25) is 0 Å². The van der Waals surface area contributed by atoms with Crippen LogP contribution in [0.2, 0.25) is 0 Å². The summed E-state index contributed by atoms with van der Waals surface area (Å²) in [7, 11) is 1.59. The minimum Gasteiger partial charge on any atom is -0.497 e. The van der Waals surface area contributed by atoms with Gasteiger partial charge in [0.05, 0.1) is 13.7 Å². The third-order valence-electron chi connectivity index (χ3n) is 2.37. The van der Waals surface area contributed by atoms with E-state index in [1.54, 1.807) is 26.2 Å². The Balaban J connectivity index is 2.78. The molecule has 4 nitrogen and oxygen atoms in total. The van der Waals surface area contributed by atoms with Crippen LogP contribution >= 0.6 is 0 Å². The normalized spacial score (nSPS) is 10.4. The van der Waals surface area contributed by atoms with Gasteiger partial charge in [-0.3, -0.25) is 4.79 Å². The maximum atomic E-state index is 11.4. The van der Waals surface area contributed by atoms with E-state index >= 15 is 0 Å². The molecule has 1 rings (SSSR count). The van der Waals surface area contributed by atoms with E-state index in [1.165, 1.54) is 6.08 Å². The van der Waals surface area contributed by atoms with Crippen molar-refractivity contribution in [1.82, 2.24) is 0 Å². The lowest BCUT2D eigenvalue weighted by atomic mass is 10.1. The second-order valence-corrected chi connectivity index (χ2v) is 3.64. The molecule has 1 aromatic rings. The molecule has 0 heterocycles. The number of ether oxygens (including phenoxy) is 2. The number of methoxy groups -OCH3 is 1. The number of benzene rings is 1. The average Bonchev–Trinajstić information content (AvgIpc) is 2.37. The molecule has 0 aromatic heterocycles. The number of carbonyl (C=O) groups is 2. The number of rotatable bonds is 5. The van der Waals surface area contributed by atoms with Gasteiger partial charge in [-0.2, -0.15) is 0 Å². The lowest BCUT2D eigenvalue weighted by Crippen LogP contribution is -2.14. The minimum absolute atomic E-state index is 0.194. The first-order valence-corrected chi connectivity index (χ1v) is 5.62. The summed E-state index contributed by atoms with van der Waals surface area (Å²) in [5.41, 5.74) is 1.82. The molecule has 18 heavy (non-hydrogen) atoms. The van der Waals surface area contributed by atoms with Crippen LogP contribution in [0, 0.1) is 6.92 Å². The Bertz CT molecular complexity index is 475. The van der Waals surface area contributed by atoms with Crippen molar-refractivity contribution >= 4 is 17.8 Å². The quantitative estimate of drug-likeness (QED) is 0.455. The Labute approximate surface area is 106 Å². The molecular weight excluding hydrogens is 232 g/mol. The second kappa shape index (κ2) is 6.59. The predicted octanol–water partition coefficient (Wildman–Crippen LogP) is 2.15. The molecule has 0 bridgehead atoms. The summed E-state index contributed by atoms with van der Waals surface area (Å²) in [5, 5.41) is 0. The van der Waals surface area contributed by atoms with Crippen LogP contribution in [0.25, 0.3) is 6.08 Å². The first-order chi connectivity index (χ1) is 8.58. The van der Waals surface area contributed by atoms with E-state index in [1.807, 2.05) is 19.1 Å². The lowest BCUT2D eigenvalue weighted by molar-refractivity contribution is -0.151. The molecule has 0 N–H and O–H groups in total. The Morgan fingerprint density at radius 3 is 2.61 bits per heavy atom. The smallest absolute Gasteiger partial charge is 0.379 e. The van der Waals surface area contributed by atoms with Crippen molar-refractivity contribution in [2.75, 3.05) is 13.7 Å². The van der Waals surface area contributed by atoms with E-state index in [4.69, 9.17) is 4.74 Å². The van der Waals surface area contributed by atoms with E-state index in [2.05, 4.69) is 4.74 Å². The van der Waals surface area contributed by atoms with Gasteiger partial charge in [-0.15, -0.1) is 0 Å². The topological polar surface area (TPSA) is 52.6 Å². The molecule has 1 aromatic carbocycles. The van der Waals surface area contributed by atoms with E-state index in [9.17, 15) is 9.59 Å². The fourth-order valence-corrected chi connectivity index (χ4v) is 1.40. The molecule has 0 aliphatic carbocycles. The van der Waals surface area contributed by atoms with Crippen molar-refractivity contribution in [2.45, 2.75) is 13.8 Å². The molecule has 0 aliphatic heterocycles. The van der Waals surface area contributed by atoms with Crippen molar-refractivity contribution in [2.24, 2.45) is 0 Å². The Kier molecular flexibility index (Phi) is 5.11. The fraction of sp³-hybridized carbons (Fsp3) is 0.286. The highest BCUT2D eigenvalue weighted by Crippen LogP contribution is 2.17. The number of ketones is 1. The van der Waals surface area contributed by atoms with Crippen LogP contribution < -0.4 is 4.74 Å². The van der Waals surface area contributed by atoms with Crippen LogP contribution in [0.15, 0.2) is 24.3 Å². The number of esters is 1. The standard InChI is InChI=1S/C14H16O4/c1-4-18-14(16)13(15)8-6-11-5-7-12(17-3)9-10(11)2/h5-9H,4H2,1-3H3/b8-6+. The van der Waals surface area contributed by atoms with Gasteiger partial charge < -0.3 is 9.47 Å². The molecule has 0 saturated carbocycles. The Morgan fingerprint density at radius 1 is 1.33 bits per heavy atom. The zero-order valence-corrected chi connectivity index (χ0v) is 10.7. The zero-order chi connectivity index (χ0) is 13.5. The molecule has 4 heteroatoms. The monoisotopic (exact) mass is 248 g/mol. The molecule has 0 spiro atoms. The molecule has 0 atom stereocenters. The maximum absolute atomic E-state index is 11.4. The van der Waals surface area contributed by atoms with Crippen molar-refractivity contribution in [1.29, 1.82) is 0 Å². The van der Waals surface area contributed by atoms with Crippen LogP contribution in [-0.4, -0.2) is 25.5 Å². The molecule has 0 saturated heterocycles. The van der Waals surface area contributed by atoms with Crippen LogP contribution in [0.5, 0.6) is 5.75 Å². The van der Waals surface area contributed by atoms with Gasteiger partial charge in [0.1, 0.15) is 5.75 Å². The highest BCUT2D eigenvalue weighted by Gasteiger charge is 2.10. The molecular formula is C14H16O4. The van der Waals surface area contributed by atoms with Gasteiger partial charge in [-0.05, 0) is 43.2 Å². The van der Waals surface area contributed by atoms with Gasteiger partial charge >= 0.3 is 5.97 Å². The predicted molar refractivity (Wildman–Crippen MR) is 68.4 cm³/mol. The first-order valence-electron chi connectivity index (χ1n) is 5.62. The van der Waals surface area contributed by atoms with Gasteiger partial charge in [0, 0.05) is 0 Å². The van der Waals surface area contributed by atoms with Crippen LogP contribution in [-0.2, 0) is 14.3 Å². The van der Waals surface area contributed by atoms with Gasteiger partial charge in [0.25, 0.3) is 5.78 Å². The van der Waals surface area contributed by atoms with Crippen LogP contribution in [0.4, 0.5) is 0 Å². The van der Waals surface area contributed by atoms with Crippen molar-refractivity contribution in [3.63, 3.8) is 0 Å². The number of hydrogen-bond donors (Lipinski definition) is 0. The Morgan fingerprint density at radius 2 is 2.06 bits per heavy atom. The van der Waals surface area contributed by atoms with Gasteiger partial charge in [-0.25, -0.2) is 4.79 Å². The molecule has 96 valence electrons. The number of hydrogen-bond acceptors (Lipinski definition) is 4. The second-order valence-electron chi connectivity index (χ2n) is 3.64. The summed E-state index contributed by atoms with van der Waals surface area (Å²) in [6, 6.07) is 5.47. The number of carbonyl (C=O) groups excluding carboxylic acids is 2. The fourth-order valence-electron chi connectivity index (χ4n) is 1.40. The van der Waals surface area contributed by atoms with E-state index in [0.717, 1.165) is 16.9 Å². The van der Waals surface area contributed by atoms with Crippen molar-refractivity contribution in [3.05, 3.63) is 35.4 Å². The summed E-state index contributed by atoms with van der Waals surface area (Å²) in [6.07, 6.45) is 2.81. The molecule has 0 aliphatic rings. The van der Waals surface area contributed by atoms with Gasteiger partial charge in [-0.1, -0.05) is 12.1 Å². The van der Waals surface area contributed by atoms with Gasteiger partial charge in [0.15, 0.2) is 0 Å². The van der Waals surface area contributed by atoms with Crippen LogP contribution in [0.1, 0.15) is 18.1 Å². The molecule has 0 fully saturated rings. The number of aryl methyl sites for hydroxylation is 1. The zero-order valence-electron chi connectivity index (χ0n) is 10.7. The molecule has 0 unspecified atom stereocenters.